The molecule has 0 spiro atoms. The number of ether oxygens (including phenoxy) is 1. The lowest BCUT2D eigenvalue weighted by molar-refractivity contribution is -0.145. The highest BCUT2D eigenvalue weighted by Gasteiger charge is 2.24. The lowest BCUT2D eigenvalue weighted by Crippen LogP contribution is -2.33. The number of hydrogen-bond acceptors (Lipinski definition) is 8. The SMILES string of the molecule is CC(=O)c1ccc(S(=O)(=O)N(C)CC(=O)OCc2noc(-c3ccc(C)cc3)n2)cc1. The number of esters is 1. The van der Waals surface area contributed by atoms with E-state index in [1.165, 1.54) is 38.2 Å². The van der Waals surface area contributed by atoms with Gasteiger partial charge in [0.25, 0.3) is 5.89 Å². The molecule has 2 aromatic carbocycles. The van der Waals surface area contributed by atoms with Gasteiger partial charge in [-0.15, -0.1) is 0 Å². The molecule has 3 rings (SSSR count). The highest BCUT2D eigenvalue weighted by molar-refractivity contribution is 7.89. The molecule has 9 nitrogen and oxygen atoms in total. The van der Waals surface area contributed by atoms with Crippen molar-refractivity contribution in [1.82, 2.24) is 14.4 Å². The zero-order chi connectivity index (χ0) is 22.6. The van der Waals surface area contributed by atoms with E-state index in [4.69, 9.17) is 9.26 Å². The van der Waals surface area contributed by atoms with E-state index in [9.17, 15) is 18.0 Å². The van der Waals surface area contributed by atoms with Gasteiger partial charge in [0.05, 0.1) is 4.90 Å². The number of aryl methyl sites for hydroxylation is 1. The van der Waals surface area contributed by atoms with Crippen LogP contribution >= 0.6 is 0 Å². The summed E-state index contributed by atoms with van der Waals surface area (Å²) < 4.78 is 36.3. The molecular formula is C21H21N3O6S. The summed E-state index contributed by atoms with van der Waals surface area (Å²) in [5.74, 6) is -0.491. The van der Waals surface area contributed by atoms with Gasteiger partial charge in [0.15, 0.2) is 12.4 Å². The van der Waals surface area contributed by atoms with E-state index >= 15 is 0 Å². The molecule has 1 heterocycles. The fourth-order valence-electron chi connectivity index (χ4n) is 2.63. The molecular weight excluding hydrogens is 422 g/mol. The number of Topliss-reactive ketones (excluding diaryl/α,β-unsaturated/α-hetero) is 1. The van der Waals surface area contributed by atoms with Gasteiger partial charge in [-0.1, -0.05) is 35.0 Å². The molecule has 0 radical (unpaired) electrons. The fraction of sp³-hybridized carbons (Fsp3) is 0.238. The molecule has 0 saturated heterocycles. The topological polar surface area (TPSA) is 120 Å². The molecule has 0 atom stereocenters. The molecule has 3 aromatic rings. The maximum Gasteiger partial charge on any atom is 0.321 e. The van der Waals surface area contributed by atoms with Crippen LogP contribution in [0.1, 0.15) is 28.7 Å². The first-order valence-corrected chi connectivity index (χ1v) is 10.7. The minimum Gasteiger partial charge on any atom is -0.456 e. The van der Waals surface area contributed by atoms with Crippen LogP contribution in [0.5, 0.6) is 0 Å². The van der Waals surface area contributed by atoms with Crippen LogP contribution < -0.4 is 0 Å². The van der Waals surface area contributed by atoms with Crippen LogP contribution in [-0.2, 0) is 26.2 Å². The van der Waals surface area contributed by atoms with Crippen molar-refractivity contribution in [2.45, 2.75) is 25.3 Å². The van der Waals surface area contributed by atoms with E-state index < -0.39 is 22.5 Å². The van der Waals surface area contributed by atoms with Gasteiger partial charge in [0.2, 0.25) is 15.8 Å². The van der Waals surface area contributed by atoms with E-state index in [0.29, 0.717) is 11.5 Å². The zero-order valence-corrected chi connectivity index (χ0v) is 18.0. The monoisotopic (exact) mass is 443 g/mol. The third-order valence-electron chi connectivity index (χ3n) is 4.45. The number of ketones is 1. The first kappa shape index (κ1) is 22.3. The van der Waals surface area contributed by atoms with Crippen LogP contribution in [-0.4, -0.2) is 48.2 Å². The van der Waals surface area contributed by atoms with Crippen molar-refractivity contribution >= 4 is 21.8 Å². The van der Waals surface area contributed by atoms with Crippen LogP contribution in [0.3, 0.4) is 0 Å². The van der Waals surface area contributed by atoms with Crippen LogP contribution in [0.15, 0.2) is 57.9 Å². The number of hydrogen-bond donors (Lipinski definition) is 0. The van der Waals surface area contributed by atoms with Gasteiger partial charge >= 0.3 is 5.97 Å². The number of carbonyl (C=O) groups excluding carboxylic acids is 2. The Labute approximate surface area is 179 Å². The lowest BCUT2D eigenvalue weighted by atomic mass is 10.1. The van der Waals surface area contributed by atoms with Gasteiger partial charge in [0.1, 0.15) is 6.54 Å². The summed E-state index contributed by atoms with van der Waals surface area (Å²) in [5, 5.41) is 3.76. The highest BCUT2D eigenvalue weighted by Crippen LogP contribution is 2.18. The standard InChI is InChI=1S/C21H21N3O6S/c1-14-4-6-17(7-5-14)21-22-19(23-30-21)13-29-20(26)12-24(3)31(27,28)18-10-8-16(9-11-18)15(2)25/h4-11H,12-13H2,1-3H3. The van der Waals surface area contributed by atoms with Crippen LogP contribution in [0.4, 0.5) is 0 Å². The van der Waals surface area contributed by atoms with Crippen molar-refractivity contribution in [1.29, 1.82) is 0 Å². The number of benzene rings is 2. The Morgan fingerprint density at radius 1 is 1.06 bits per heavy atom. The van der Waals surface area contributed by atoms with Crippen LogP contribution in [0.2, 0.25) is 0 Å². The van der Waals surface area contributed by atoms with Gasteiger partial charge in [-0.2, -0.15) is 9.29 Å². The van der Waals surface area contributed by atoms with Crippen molar-refractivity contribution in [3.8, 4) is 11.5 Å². The summed E-state index contributed by atoms with van der Waals surface area (Å²) in [7, 11) is -2.66. The van der Waals surface area contributed by atoms with E-state index in [2.05, 4.69) is 10.1 Å². The third kappa shape index (κ3) is 5.41. The number of rotatable bonds is 8. The molecule has 162 valence electrons. The van der Waals surface area contributed by atoms with Gasteiger partial charge in [-0.05, 0) is 38.1 Å². The van der Waals surface area contributed by atoms with Gasteiger partial charge in [-0.3, -0.25) is 9.59 Å². The summed E-state index contributed by atoms with van der Waals surface area (Å²) >= 11 is 0. The Hall–Kier alpha value is -3.37. The smallest absolute Gasteiger partial charge is 0.321 e. The average Bonchev–Trinajstić information content (AvgIpc) is 3.22. The molecule has 31 heavy (non-hydrogen) atoms. The Morgan fingerprint density at radius 2 is 1.71 bits per heavy atom. The molecule has 1 aromatic heterocycles. The van der Waals surface area contributed by atoms with E-state index in [1.54, 1.807) is 0 Å². The predicted octanol–water partition coefficient (Wildman–Crippen LogP) is 2.61. The minimum atomic E-state index is -3.92. The predicted molar refractivity (Wildman–Crippen MR) is 111 cm³/mol. The van der Waals surface area contributed by atoms with Crippen LogP contribution in [0.25, 0.3) is 11.5 Å². The first-order chi connectivity index (χ1) is 14.7. The summed E-state index contributed by atoms with van der Waals surface area (Å²) in [6.45, 7) is 2.59. The molecule has 0 fully saturated rings. The highest BCUT2D eigenvalue weighted by atomic mass is 32.2. The number of likely N-dealkylation sites (N-methyl/N-ethyl adjacent to an activating group) is 1. The molecule has 0 unspecified atom stereocenters. The minimum absolute atomic E-state index is 0.0336. The zero-order valence-electron chi connectivity index (χ0n) is 17.2. The number of nitrogens with zero attached hydrogens (tertiary/aromatic N) is 3. The molecule has 10 heteroatoms. The van der Waals surface area contributed by atoms with Gasteiger partial charge in [0, 0.05) is 18.2 Å². The molecule has 0 N–H and O–H groups in total. The fourth-order valence-corrected chi connectivity index (χ4v) is 3.74. The van der Waals surface area contributed by atoms with Crippen molar-refractivity contribution in [2.24, 2.45) is 0 Å². The Bertz CT molecular complexity index is 1180. The maximum absolute atomic E-state index is 12.6. The third-order valence-corrected chi connectivity index (χ3v) is 6.27. The Balaban J connectivity index is 1.57. The lowest BCUT2D eigenvalue weighted by Gasteiger charge is -2.16. The van der Waals surface area contributed by atoms with Crippen molar-refractivity contribution < 1.29 is 27.3 Å². The van der Waals surface area contributed by atoms with Crippen molar-refractivity contribution in [2.75, 3.05) is 13.6 Å². The quantitative estimate of drug-likeness (QED) is 0.385. The van der Waals surface area contributed by atoms with Gasteiger partial charge < -0.3 is 9.26 Å². The van der Waals surface area contributed by atoms with Crippen LogP contribution in [0, 0.1) is 6.92 Å². The summed E-state index contributed by atoms with van der Waals surface area (Å²) in [6.07, 6.45) is 0. The molecule has 0 aliphatic carbocycles. The normalized spacial score (nSPS) is 11.5. The first-order valence-electron chi connectivity index (χ1n) is 9.29. The summed E-state index contributed by atoms with van der Waals surface area (Å²) in [4.78, 5) is 27.6. The molecule has 0 aliphatic heterocycles. The van der Waals surface area contributed by atoms with E-state index in [1.807, 2.05) is 31.2 Å². The molecule has 0 bridgehead atoms. The van der Waals surface area contributed by atoms with Crippen molar-refractivity contribution in [3.05, 3.63) is 65.5 Å². The molecule has 0 saturated carbocycles. The average molecular weight is 443 g/mol. The summed E-state index contributed by atoms with van der Waals surface area (Å²) in [6, 6.07) is 13.0. The largest absolute Gasteiger partial charge is 0.456 e. The second-order valence-electron chi connectivity index (χ2n) is 6.88. The second kappa shape index (κ2) is 9.19. The molecule has 0 aliphatic rings. The Kier molecular flexibility index (Phi) is 6.62. The maximum atomic E-state index is 12.6. The number of carbonyl (C=O) groups is 2. The van der Waals surface area contributed by atoms with E-state index in [-0.39, 0.29) is 23.1 Å². The number of sulfonamides is 1. The number of aromatic nitrogens is 2. The van der Waals surface area contributed by atoms with E-state index in [0.717, 1.165) is 15.4 Å². The van der Waals surface area contributed by atoms with Crippen molar-refractivity contribution in [3.63, 3.8) is 0 Å². The molecule has 0 amide bonds. The second-order valence-corrected chi connectivity index (χ2v) is 8.93. The van der Waals surface area contributed by atoms with Gasteiger partial charge in [-0.25, -0.2) is 8.42 Å². The Morgan fingerprint density at radius 3 is 2.32 bits per heavy atom. The summed E-state index contributed by atoms with van der Waals surface area (Å²) in [5.41, 5.74) is 2.22.